The summed E-state index contributed by atoms with van der Waals surface area (Å²) in [6.07, 6.45) is 7.25. The summed E-state index contributed by atoms with van der Waals surface area (Å²) in [6, 6.07) is 0. The number of anilines is 1. The minimum atomic E-state index is 0.406. The van der Waals surface area contributed by atoms with Crippen molar-refractivity contribution in [3.8, 4) is 0 Å². The summed E-state index contributed by atoms with van der Waals surface area (Å²) in [5.41, 5.74) is 8.10. The van der Waals surface area contributed by atoms with Crippen LogP contribution in [0.25, 0.3) is 0 Å². The number of hydrogen-bond acceptors (Lipinski definition) is 6. The number of thioether (sulfide) groups is 1. The second kappa shape index (κ2) is 6.36. The molecule has 0 bridgehead atoms. The van der Waals surface area contributed by atoms with Gasteiger partial charge in [0.25, 0.3) is 0 Å². The van der Waals surface area contributed by atoms with Gasteiger partial charge >= 0.3 is 0 Å². The molecule has 1 atom stereocenters. The Balaban J connectivity index is 2.05. The first kappa shape index (κ1) is 15.5. The van der Waals surface area contributed by atoms with E-state index in [1.165, 1.54) is 10.5 Å². The van der Waals surface area contributed by atoms with Crippen molar-refractivity contribution in [1.82, 2.24) is 9.97 Å². The average molecular weight is 334 g/mol. The fourth-order valence-corrected chi connectivity index (χ4v) is 4.15. The first-order valence-electron chi connectivity index (χ1n) is 7.07. The molecule has 2 aliphatic rings. The van der Waals surface area contributed by atoms with Crippen molar-refractivity contribution in [1.29, 1.82) is 0 Å². The summed E-state index contributed by atoms with van der Waals surface area (Å²) >= 11 is 6.76. The zero-order valence-electron chi connectivity index (χ0n) is 12.6. The molecule has 0 spiro atoms. The van der Waals surface area contributed by atoms with Crippen LogP contribution in [0.5, 0.6) is 0 Å². The number of aromatic nitrogens is 2. The van der Waals surface area contributed by atoms with Crippen LogP contribution in [0.3, 0.4) is 0 Å². The quantitative estimate of drug-likeness (QED) is 0.849. The van der Waals surface area contributed by atoms with Gasteiger partial charge in [0.1, 0.15) is 11.8 Å². The van der Waals surface area contributed by atoms with Gasteiger partial charge in [-0.25, -0.2) is 9.97 Å². The van der Waals surface area contributed by atoms with E-state index >= 15 is 0 Å². The van der Waals surface area contributed by atoms with Crippen molar-refractivity contribution in [2.24, 2.45) is 11.7 Å². The van der Waals surface area contributed by atoms with Crippen LogP contribution in [0.2, 0.25) is 0 Å². The lowest BCUT2D eigenvalue weighted by molar-refractivity contribution is 0.202. The summed E-state index contributed by atoms with van der Waals surface area (Å²) in [4.78, 5) is 12.8. The number of thiocarbonyl (C=S) groups is 1. The number of allylic oxidation sites excluding steroid dienone is 2. The summed E-state index contributed by atoms with van der Waals surface area (Å²) in [5, 5.41) is 0.927. The Morgan fingerprint density at radius 3 is 3.00 bits per heavy atom. The number of fused-ring (bicyclic) bond motifs is 1. The van der Waals surface area contributed by atoms with Gasteiger partial charge in [-0.2, -0.15) is 0 Å². The molecule has 0 saturated carbocycles. The lowest BCUT2D eigenvalue weighted by Crippen LogP contribution is -2.31. The van der Waals surface area contributed by atoms with Gasteiger partial charge in [0.2, 0.25) is 0 Å². The predicted octanol–water partition coefficient (Wildman–Crippen LogP) is 2.85. The Labute approximate surface area is 139 Å². The van der Waals surface area contributed by atoms with E-state index in [4.69, 9.17) is 22.7 Å². The first-order chi connectivity index (χ1) is 10.6. The third-order valence-electron chi connectivity index (χ3n) is 3.67. The third-order valence-corrected chi connectivity index (χ3v) is 5.13. The van der Waals surface area contributed by atoms with Crippen LogP contribution in [0.1, 0.15) is 19.8 Å². The highest BCUT2D eigenvalue weighted by Crippen LogP contribution is 2.48. The number of nitrogens with two attached hydrogens (primary N) is 1. The molecule has 116 valence electrons. The van der Waals surface area contributed by atoms with Crippen molar-refractivity contribution < 1.29 is 4.74 Å². The number of methoxy groups -OCH3 is 1. The van der Waals surface area contributed by atoms with Crippen LogP contribution in [-0.2, 0) is 4.74 Å². The third kappa shape index (κ3) is 2.88. The molecule has 0 fully saturated rings. The van der Waals surface area contributed by atoms with Gasteiger partial charge in [0.15, 0.2) is 5.82 Å². The molecule has 2 N–H and O–H groups in total. The normalized spacial score (nSPS) is 20.4. The minimum Gasteiger partial charge on any atom is -0.393 e. The molecule has 1 unspecified atom stereocenters. The number of hydrogen-bond donors (Lipinski definition) is 1. The average Bonchev–Trinajstić information content (AvgIpc) is 2.47. The fourth-order valence-electron chi connectivity index (χ4n) is 2.83. The summed E-state index contributed by atoms with van der Waals surface area (Å²) in [7, 11) is 1.68. The molecule has 1 aliphatic carbocycles. The topological polar surface area (TPSA) is 64.3 Å². The number of rotatable bonds is 4. The summed E-state index contributed by atoms with van der Waals surface area (Å²) in [5.74, 6) is 1.25. The van der Waals surface area contributed by atoms with E-state index < -0.39 is 0 Å². The Bertz CT molecular complexity index is 671. The van der Waals surface area contributed by atoms with Crippen molar-refractivity contribution in [2.45, 2.75) is 24.8 Å². The highest BCUT2D eigenvalue weighted by Gasteiger charge is 2.32. The molecule has 0 saturated heterocycles. The van der Waals surface area contributed by atoms with Crippen molar-refractivity contribution in [3.05, 3.63) is 34.6 Å². The van der Waals surface area contributed by atoms with Crippen molar-refractivity contribution in [2.75, 3.05) is 18.7 Å². The fraction of sp³-hybridized carbons (Fsp3) is 0.400. The van der Waals surface area contributed by atoms with Crippen LogP contribution in [-0.4, -0.2) is 28.8 Å². The standard InChI is InChI=1S/C15H18N4OS2/c1-9-5-10(7-12(16)21)6-11-13(9)22-15-14(17-3-4-18-15)19(11)8-20-2/h3-4,6,9H,5,7-8H2,1-2H3,(H2,16,21). The lowest BCUT2D eigenvalue weighted by atomic mass is 9.91. The highest BCUT2D eigenvalue weighted by atomic mass is 32.2. The first-order valence-corrected chi connectivity index (χ1v) is 8.30. The SMILES string of the molecule is COCN1C2=C(Sc3nccnc31)C(C)CC(CC(N)=S)=C2. The highest BCUT2D eigenvalue weighted by molar-refractivity contribution is 8.03. The van der Waals surface area contributed by atoms with Crippen LogP contribution in [0.4, 0.5) is 5.82 Å². The van der Waals surface area contributed by atoms with Gasteiger partial charge < -0.3 is 10.5 Å². The zero-order valence-corrected chi connectivity index (χ0v) is 14.2. The van der Waals surface area contributed by atoms with E-state index in [0.29, 0.717) is 24.1 Å². The van der Waals surface area contributed by atoms with E-state index in [1.54, 1.807) is 31.3 Å². The monoisotopic (exact) mass is 334 g/mol. The maximum Gasteiger partial charge on any atom is 0.168 e. The van der Waals surface area contributed by atoms with E-state index in [0.717, 1.165) is 23.0 Å². The largest absolute Gasteiger partial charge is 0.393 e. The van der Waals surface area contributed by atoms with Gasteiger partial charge in [-0.1, -0.05) is 36.5 Å². The Kier molecular flexibility index (Phi) is 4.46. The van der Waals surface area contributed by atoms with Crippen LogP contribution in [0, 0.1) is 5.92 Å². The Morgan fingerprint density at radius 2 is 2.27 bits per heavy atom. The maximum absolute atomic E-state index is 5.72. The molecule has 1 aliphatic heterocycles. The summed E-state index contributed by atoms with van der Waals surface area (Å²) in [6.45, 7) is 2.66. The van der Waals surface area contributed by atoms with Crippen molar-refractivity contribution >= 4 is 34.8 Å². The van der Waals surface area contributed by atoms with Crippen molar-refractivity contribution in [3.63, 3.8) is 0 Å². The number of ether oxygens (including phenoxy) is 1. The van der Waals surface area contributed by atoms with Gasteiger partial charge in [0.05, 0.1) is 10.7 Å². The van der Waals surface area contributed by atoms with Gasteiger partial charge in [0, 0.05) is 30.8 Å². The van der Waals surface area contributed by atoms with Crippen LogP contribution >= 0.6 is 24.0 Å². The molecule has 0 radical (unpaired) electrons. The molecule has 0 amide bonds. The Hall–Kier alpha value is -1.44. The van der Waals surface area contributed by atoms with E-state index in [2.05, 4.69) is 27.9 Å². The number of nitrogens with zero attached hydrogens (tertiary/aromatic N) is 3. The van der Waals surface area contributed by atoms with E-state index in [1.807, 2.05) is 0 Å². The molecule has 2 heterocycles. The van der Waals surface area contributed by atoms with E-state index in [9.17, 15) is 0 Å². The molecule has 1 aromatic rings. The molecule has 1 aromatic heterocycles. The molecule has 0 aromatic carbocycles. The molecular formula is C15H18N4OS2. The minimum absolute atomic E-state index is 0.406. The zero-order chi connectivity index (χ0) is 15.7. The second-order valence-corrected chi connectivity index (χ2v) is 6.99. The van der Waals surface area contributed by atoms with Crippen LogP contribution in [0.15, 0.2) is 39.7 Å². The molecular weight excluding hydrogens is 316 g/mol. The summed E-state index contributed by atoms with van der Waals surface area (Å²) < 4.78 is 5.37. The molecule has 3 rings (SSSR count). The molecule has 22 heavy (non-hydrogen) atoms. The molecule has 7 heteroatoms. The smallest absolute Gasteiger partial charge is 0.168 e. The van der Waals surface area contributed by atoms with Gasteiger partial charge in [-0.3, -0.25) is 4.90 Å². The van der Waals surface area contributed by atoms with Gasteiger partial charge in [-0.05, 0) is 18.4 Å². The molecule has 5 nitrogen and oxygen atoms in total. The predicted molar refractivity (Wildman–Crippen MR) is 92.5 cm³/mol. The maximum atomic E-state index is 5.72. The van der Waals surface area contributed by atoms with Gasteiger partial charge in [-0.15, -0.1) is 0 Å². The van der Waals surface area contributed by atoms with E-state index in [-0.39, 0.29) is 0 Å². The Morgan fingerprint density at radius 1 is 1.50 bits per heavy atom. The van der Waals surface area contributed by atoms with Crippen LogP contribution < -0.4 is 10.6 Å². The second-order valence-electron chi connectivity index (χ2n) is 5.43. The lowest BCUT2D eigenvalue weighted by Gasteiger charge is -2.36.